The fourth-order valence-corrected chi connectivity index (χ4v) is 2.87. The number of rotatable bonds is 8. The van der Waals surface area contributed by atoms with Gasteiger partial charge in [0.2, 0.25) is 0 Å². The molecule has 2 rings (SSSR count). The van der Waals surface area contributed by atoms with Crippen LogP contribution >= 0.6 is 0 Å². The summed E-state index contributed by atoms with van der Waals surface area (Å²) in [5, 5.41) is 11.1. The number of esters is 1. The lowest BCUT2D eigenvalue weighted by Gasteiger charge is -2.08. The molecule has 0 spiro atoms. The van der Waals surface area contributed by atoms with Gasteiger partial charge in [0, 0.05) is 11.6 Å². The number of allylic oxidation sites excluding steroid dienone is 4. The highest BCUT2D eigenvalue weighted by Crippen LogP contribution is 2.34. The standard InChI is InChI=1S/C21H25NO4/c1-15(2)8-6-9-16(3)10-7-11-17-14-20(26-21(17)23)18-12-4-5-13-19(18)22(24)25/h4-5,8,10,12-14,20H,6-7,9,11H2,1-3H3/b16-10+/t20-/m1/s1. The summed E-state index contributed by atoms with van der Waals surface area (Å²) in [6.45, 7) is 6.27. The number of ether oxygens (including phenoxy) is 1. The fourth-order valence-electron chi connectivity index (χ4n) is 2.87. The van der Waals surface area contributed by atoms with Gasteiger partial charge in [-0.25, -0.2) is 4.79 Å². The van der Waals surface area contributed by atoms with Crippen molar-refractivity contribution < 1.29 is 14.5 Å². The van der Waals surface area contributed by atoms with Gasteiger partial charge in [-0.3, -0.25) is 10.1 Å². The molecule has 0 bridgehead atoms. The molecule has 5 nitrogen and oxygen atoms in total. The normalized spacial score (nSPS) is 16.9. The molecule has 1 aliphatic rings. The Morgan fingerprint density at radius 3 is 2.62 bits per heavy atom. The molecular weight excluding hydrogens is 330 g/mol. The van der Waals surface area contributed by atoms with E-state index < -0.39 is 11.0 Å². The van der Waals surface area contributed by atoms with E-state index in [2.05, 4.69) is 32.9 Å². The second kappa shape index (κ2) is 9.13. The highest BCUT2D eigenvalue weighted by atomic mass is 16.6. The van der Waals surface area contributed by atoms with Crippen LogP contribution in [0.1, 0.15) is 58.1 Å². The zero-order chi connectivity index (χ0) is 19.1. The Kier molecular flexibility index (Phi) is 6.89. The Hall–Kier alpha value is -2.69. The van der Waals surface area contributed by atoms with Crippen molar-refractivity contribution in [1.29, 1.82) is 0 Å². The van der Waals surface area contributed by atoms with Gasteiger partial charge in [0.1, 0.15) is 0 Å². The van der Waals surface area contributed by atoms with Crippen molar-refractivity contribution in [3.8, 4) is 0 Å². The first-order valence-electron chi connectivity index (χ1n) is 8.82. The first kappa shape index (κ1) is 19.6. The lowest BCUT2D eigenvalue weighted by Crippen LogP contribution is -2.04. The predicted octanol–water partition coefficient (Wildman–Crippen LogP) is 5.59. The van der Waals surface area contributed by atoms with Gasteiger partial charge in [0.15, 0.2) is 6.10 Å². The van der Waals surface area contributed by atoms with E-state index in [1.807, 2.05) is 0 Å². The van der Waals surface area contributed by atoms with E-state index in [-0.39, 0.29) is 11.7 Å². The molecular formula is C21H25NO4. The topological polar surface area (TPSA) is 69.4 Å². The van der Waals surface area contributed by atoms with E-state index in [1.54, 1.807) is 24.3 Å². The SMILES string of the molecule is CC(C)=CCC/C(C)=C/CCC1=C[C@H](c2ccccc2[N+](=O)[O-])OC1=O. The van der Waals surface area contributed by atoms with Crippen LogP contribution in [-0.4, -0.2) is 10.9 Å². The molecule has 1 heterocycles. The lowest BCUT2D eigenvalue weighted by atomic mass is 10.0. The molecule has 0 saturated heterocycles. The van der Waals surface area contributed by atoms with Gasteiger partial charge in [-0.2, -0.15) is 0 Å². The number of nitrogens with zero attached hydrogens (tertiary/aromatic N) is 1. The number of hydrogen-bond donors (Lipinski definition) is 0. The first-order chi connectivity index (χ1) is 12.4. The third kappa shape index (κ3) is 5.41. The lowest BCUT2D eigenvalue weighted by molar-refractivity contribution is -0.386. The molecule has 138 valence electrons. The van der Waals surface area contributed by atoms with Gasteiger partial charge in [0.25, 0.3) is 5.69 Å². The quantitative estimate of drug-likeness (QED) is 0.264. The van der Waals surface area contributed by atoms with Crippen molar-refractivity contribution in [2.75, 3.05) is 0 Å². The zero-order valence-electron chi connectivity index (χ0n) is 15.5. The van der Waals surface area contributed by atoms with Crippen molar-refractivity contribution >= 4 is 11.7 Å². The number of carbonyl (C=O) groups excluding carboxylic acids is 1. The Morgan fingerprint density at radius 1 is 1.19 bits per heavy atom. The van der Waals surface area contributed by atoms with E-state index >= 15 is 0 Å². The zero-order valence-corrected chi connectivity index (χ0v) is 15.5. The molecule has 1 atom stereocenters. The summed E-state index contributed by atoms with van der Waals surface area (Å²) >= 11 is 0. The number of benzene rings is 1. The van der Waals surface area contributed by atoms with Crippen molar-refractivity contribution in [1.82, 2.24) is 0 Å². The Balaban J connectivity index is 1.99. The van der Waals surface area contributed by atoms with Gasteiger partial charge in [-0.1, -0.05) is 35.4 Å². The molecule has 1 aromatic rings. The van der Waals surface area contributed by atoms with Crippen LogP contribution in [0.5, 0.6) is 0 Å². The molecule has 0 fully saturated rings. The number of para-hydroxylation sites is 1. The number of hydrogen-bond acceptors (Lipinski definition) is 4. The van der Waals surface area contributed by atoms with Crippen LogP contribution in [0.2, 0.25) is 0 Å². The molecule has 0 amide bonds. The number of carbonyl (C=O) groups is 1. The minimum Gasteiger partial charge on any atom is -0.450 e. The fraction of sp³-hybridized carbons (Fsp3) is 0.381. The summed E-state index contributed by atoms with van der Waals surface area (Å²) in [5.41, 5.74) is 3.58. The Bertz CT molecular complexity index is 770. The smallest absolute Gasteiger partial charge is 0.334 e. The predicted molar refractivity (Wildman–Crippen MR) is 102 cm³/mol. The van der Waals surface area contributed by atoms with Crippen LogP contribution in [-0.2, 0) is 9.53 Å². The van der Waals surface area contributed by atoms with E-state index in [1.165, 1.54) is 17.2 Å². The van der Waals surface area contributed by atoms with Crippen molar-refractivity contribution in [3.05, 3.63) is 74.9 Å². The molecule has 0 aliphatic carbocycles. The van der Waals surface area contributed by atoms with Crippen LogP contribution in [0.3, 0.4) is 0 Å². The minimum atomic E-state index is -0.679. The van der Waals surface area contributed by atoms with Crippen LogP contribution in [0.25, 0.3) is 0 Å². The van der Waals surface area contributed by atoms with E-state index in [0.29, 0.717) is 17.6 Å². The van der Waals surface area contributed by atoms with E-state index in [0.717, 1.165) is 19.3 Å². The summed E-state index contributed by atoms with van der Waals surface area (Å²) in [6.07, 6.45) is 8.75. The molecule has 5 heteroatoms. The molecule has 1 aromatic carbocycles. The van der Waals surface area contributed by atoms with Gasteiger partial charge in [-0.15, -0.1) is 0 Å². The highest BCUT2D eigenvalue weighted by molar-refractivity contribution is 5.91. The van der Waals surface area contributed by atoms with Crippen LogP contribution in [0, 0.1) is 10.1 Å². The monoisotopic (exact) mass is 355 g/mol. The maximum absolute atomic E-state index is 12.1. The average molecular weight is 355 g/mol. The Labute approximate surface area is 154 Å². The van der Waals surface area contributed by atoms with Gasteiger partial charge < -0.3 is 4.74 Å². The number of cyclic esters (lactones) is 1. The maximum Gasteiger partial charge on any atom is 0.334 e. The molecule has 0 N–H and O–H groups in total. The highest BCUT2D eigenvalue weighted by Gasteiger charge is 2.30. The van der Waals surface area contributed by atoms with E-state index in [9.17, 15) is 14.9 Å². The largest absolute Gasteiger partial charge is 0.450 e. The summed E-state index contributed by atoms with van der Waals surface area (Å²) in [4.78, 5) is 22.8. The number of nitro groups is 1. The molecule has 26 heavy (non-hydrogen) atoms. The van der Waals surface area contributed by atoms with Crippen molar-refractivity contribution in [3.63, 3.8) is 0 Å². The number of nitro benzene ring substituents is 1. The average Bonchev–Trinajstić information content (AvgIpc) is 2.95. The second-order valence-corrected chi connectivity index (χ2v) is 6.74. The molecule has 0 radical (unpaired) electrons. The summed E-state index contributed by atoms with van der Waals surface area (Å²) in [5.74, 6) is -0.385. The third-order valence-corrected chi connectivity index (χ3v) is 4.29. The summed E-state index contributed by atoms with van der Waals surface area (Å²) < 4.78 is 5.34. The van der Waals surface area contributed by atoms with Gasteiger partial charge in [0.05, 0.1) is 10.5 Å². The first-order valence-corrected chi connectivity index (χ1v) is 8.82. The summed E-state index contributed by atoms with van der Waals surface area (Å²) in [7, 11) is 0. The van der Waals surface area contributed by atoms with Crippen LogP contribution in [0.15, 0.2) is 59.2 Å². The third-order valence-electron chi connectivity index (χ3n) is 4.29. The second-order valence-electron chi connectivity index (χ2n) is 6.74. The molecule has 0 aromatic heterocycles. The molecule has 0 unspecified atom stereocenters. The van der Waals surface area contributed by atoms with Crippen molar-refractivity contribution in [2.45, 2.75) is 52.6 Å². The molecule has 1 aliphatic heterocycles. The van der Waals surface area contributed by atoms with E-state index in [4.69, 9.17) is 4.74 Å². The van der Waals surface area contributed by atoms with Crippen LogP contribution in [0.4, 0.5) is 5.69 Å². The van der Waals surface area contributed by atoms with Crippen molar-refractivity contribution in [2.24, 2.45) is 0 Å². The summed E-state index contributed by atoms with van der Waals surface area (Å²) in [6, 6.07) is 6.36. The molecule has 0 saturated carbocycles. The van der Waals surface area contributed by atoms with Crippen LogP contribution < -0.4 is 0 Å². The van der Waals surface area contributed by atoms with Gasteiger partial charge >= 0.3 is 5.97 Å². The minimum absolute atomic E-state index is 0.0298. The maximum atomic E-state index is 12.1. The Morgan fingerprint density at radius 2 is 1.92 bits per heavy atom. The van der Waals surface area contributed by atoms with Gasteiger partial charge in [-0.05, 0) is 58.6 Å².